The molecule has 0 aliphatic rings. The van der Waals surface area contributed by atoms with Crippen LogP contribution in [0, 0.1) is 20.8 Å². The third kappa shape index (κ3) is 4.83. The van der Waals surface area contributed by atoms with E-state index in [0.29, 0.717) is 11.0 Å². The summed E-state index contributed by atoms with van der Waals surface area (Å²) in [6.45, 7) is 6.08. The van der Waals surface area contributed by atoms with Gasteiger partial charge in [-0.3, -0.25) is 14.3 Å². The molecule has 0 aliphatic carbocycles. The zero-order valence-corrected chi connectivity index (χ0v) is 18.5. The summed E-state index contributed by atoms with van der Waals surface area (Å²) in [5.41, 5.74) is 6.03. The smallest absolute Gasteiger partial charge is 0.234 e. The maximum absolute atomic E-state index is 12.6. The van der Waals surface area contributed by atoms with E-state index in [0.717, 1.165) is 33.6 Å². The molecule has 0 aliphatic heterocycles. The Labute approximate surface area is 185 Å². The van der Waals surface area contributed by atoms with E-state index in [1.807, 2.05) is 73.9 Å². The summed E-state index contributed by atoms with van der Waals surface area (Å²) < 4.78 is 2.00. The normalized spacial score (nSPS) is 10.8. The van der Waals surface area contributed by atoms with Gasteiger partial charge in [-0.2, -0.15) is 0 Å². The standard InChI is InChI=1S/C24H23N5OS/c1-16-12-17(2)14-20(13-16)26-22(30)15-31-24-28-27-23(19-8-10-25-11-9-19)29(24)21-7-5-4-6-18(21)3/h4-14H,15H2,1-3H3,(H,26,30). The van der Waals surface area contributed by atoms with Crippen LogP contribution < -0.4 is 5.32 Å². The zero-order valence-electron chi connectivity index (χ0n) is 17.7. The number of thioether (sulfide) groups is 1. The number of benzene rings is 2. The number of aromatic nitrogens is 4. The minimum absolute atomic E-state index is 0.0835. The molecule has 156 valence electrons. The summed E-state index contributed by atoms with van der Waals surface area (Å²) in [5, 5.41) is 12.5. The number of anilines is 1. The van der Waals surface area contributed by atoms with Gasteiger partial charge in [-0.1, -0.05) is 36.0 Å². The molecule has 0 radical (unpaired) electrons. The van der Waals surface area contributed by atoms with Crippen LogP contribution in [0.4, 0.5) is 5.69 Å². The summed E-state index contributed by atoms with van der Waals surface area (Å²) in [6.07, 6.45) is 3.46. The van der Waals surface area contributed by atoms with Crippen molar-refractivity contribution >= 4 is 23.4 Å². The number of nitrogens with zero attached hydrogens (tertiary/aromatic N) is 4. The number of pyridine rings is 1. The highest BCUT2D eigenvalue weighted by Gasteiger charge is 2.18. The predicted octanol–water partition coefficient (Wildman–Crippen LogP) is 4.99. The largest absolute Gasteiger partial charge is 0.325 e. The molecule has 4 aromatic rings. The van der Waals surface area contributed by atoms with E-state index in [1.54, 1.807) is 12.4 Å². The van der Waals surface area contributed by atoms with Crippen LogP contribution in [0.2, 0.25) is 0 Å². The molecule has 4 rings (SSSR count). The second-order valence-corrected chi connectivity index (χ2v) is 8.32. The Hall–Kier alpha value is -3.45. The average Bonchev–Trinajstić information content (AvgIpc) is 3.16. The number of aryl methyl sites for hydroxylation is 3. The molecule has 6 nitrogen and oxygen atoms in total. The lowest BCUT2D eigenvalue weighted by Gasteiger charge is -2.13. The van der Waals surface area contributed by atoms with E-state index in [-0.39, 0.29) is 11.7 Å². The second kappa shape index (κ2) is 9.14. The van der Waals surface area contributed by atoms with Gasteiger partial charge in [0.2, 0.25) is 5.91 Å². The summed E-state index contributed by atoms with van der Waals surface area (Å²) in [5.74, 6) is 0.863. The van der Waals surface area contributed by atoms with Crippen molar-refractivity contribution in [3.05, 3.63) is 83.7 Å². The summed E-state index contributed by atoms with van der Waals surface area (Å²) in [7, 11) is 0. The number of hydrogen-bond donors (Lipinski definition) is 1. The summed E-state index contributed by atoms with van der Waals surface area (Å²) in [6, 6.07) is 17.9. The molecule has 0 unspecified atom stereocenters. The van der Waals surface area contributed by atoms with Crippen molar-refractivity contribution in [1.29, 1.82) is 0 Å². The Kier molecular flexibility index (Phi) is 6.13. The first kappa shape index (κ1) is 20.8. The first-order valence-electron chi connectivity index (χ1n) is 9.94. The molecule has 2 aromatic heterocycles. The number of carbonyl (C=O) groups is 1. The van der Waals surface area contributed by atoms with Crippen LogP contribution in [0.15, 0.2) is 72.1 Å². The fraction of sp³-hybridized carbons (Fsp3) is 0.167. The van der Waals surface area contributed by atoms with Crippen LogP contribution in [0.25, 0.3) is 17.1 Å². The van der Waals surface area contributed by atoms with Crippen molar-refractivity contribution in [1.82, 2.24) is 19.7 Å². The van der Waals surface area contributed by atoms with E-state index < -0.39 is 0 Å². The van der Waals surface area contributed by atoms with E-state index in [2.05, 4.69) is 26.6 Å². The van der Waals surface area contributed by atoms with Crippen molar-refractivity contribution in [2.24, 2.45) is 0 Å². The molecule has 0 spiro atoms. The van der Waals surface area contributed by atoms with Crippen LogP contribution in [0.1, 0.15) is 16.7 Å². The molecule has 2 aromatic carbocycles. The maximum Gasteiger partial charge on any atom is 0.234 e. The first-order chi connectivity index (χ1) is 15.0. The fourth-order valence-electron chi connectivity index (χ4n) is 3.46. The molecule has 1 N–H and O–H groups in total. The van der Waals surface area contributed by atoms with Crippen molar-refractivity contribution in [2.45, 2.75) is 25.9 Å². The number of rotatable bonds is 6. The summed E-state index contributed by atoms with van der Waals surface area (Å²) in [4.78, 5) is 16.7. The van der Waals surface area contributed by atoms with Gasteiger partial charge in [-0.05, 0) is 67.8 Å². The second-order valence-electron chi connectivity index (χ2n) is 7.38. The van der Waals surface area contributed by atoms with Crippen LogP contribution in [0.5, 0.6) is 0 Å². The highest BCUT2D eigenvalue weighted by atomic mass is 32.2. The van der Waals surface area contributed by atoms with E-state index >= 15 is 0 Å². The molecule has 31 heavy (non-hydrogen) atoms. The number of hydrogen-bond acceptors (Lipinski definition) is 5. The van der Waals surface area contributed by atoms with Gasteiger partial charge in [0.05, 0.1) is 11.4 Å². The maximum atomic E-state index is 12.6. The van der Waals surface area contributed by atoms with Gasteiger partial charge < -0.3 is 5.32 Å². The van der Waals surface area contributed by atoms with Crippen LogP contribution in [-0.2, 0) is 4.79 Å². The van der Waals surface area contributed by atoms with Crippen molar-refractivity contribution in [2.75, 3.05) is 11.1 Å². The number of para-hydroxylation sites is 1. The van der Waals surface area contributed by atoms with Crippen molar-refractivity contribution < 1.29 is 4.79 Å². The Morgan fingerprint density at radius 3 is 2.39 bits per heavy atom. The number of amides is 1. The fourth-order valence-corrected chi connectivity index (χ4v) is 4.20. The lowest BCUT2D eigenvalue weighted by atomic mass is 10.1. The van der Waals surface area contributed by atoms with Gasteiger partial charge >= 0.3 is 0 Å². The summed E-state index contributed by atoms with van der Waals surface area (Å²) >= 11 is 1.36. The SMILES string of the molecule is Cc1cc(C)cc(NC(=O)CSc2nnc(-c3ccncc3)n2-c2ccccc2C)c1. The number of nitrogens with one attached hydrogen (secondary N) is 1. The molecular formula is C24H23N5OS. The van der Waals surface area contributed by atoms with Gasteiger partial charge in [0.1, 0.15) is 0 Å². The van der Waals surface area contributed by atoms with Crippen molar-refractivity contribution in [3.8, 4) is 17.1 Å². The first-order valence-corrected chi connectivity index (χ1v) is 10.9. The molecule has 2 heterocycles. The minimum atomic E-state index is -0.0835. The van der Waals surface area contributed by atoms with Crippen LogP contribution in [0.3, 0.4) is 0 Å². The molecule has 0 fully saturated rings. The van der Waals surface area contributed by atoms with Crippen molar-refractivity contribution in [3.63, 3.8) is 0 Å². The lowest BCUT2D eigenvalue weighted by molar-refractivity contribution is -0.113. The Morgan fingerprint density at radius 2 is 1.68 bits per heavy atom. The molecule has 0 bridgehead atoms. The molecular weight excluding hydrogens is 406 g/mol. The quantitative estimate of drug-likeness (QED) is 0.437. The van der Waals surface area contributed by atoms with Gasteiger partial charge in [0, 0.05) is 23.6 Å². The Morgan fingerprint density at radius 1 is 0.968 bits per heavy atom. The third-order valence-corrected chi connectivity index (χ3v) is 5.69. The predicted molar refractivity (Wildman–Crippen MR) is 125 cm³/mol. The highest BCUT2D eigenvalue weighted by molar-refractivity contribution is 7.99. The monoisotopic (exact) mass is 429 g/mol. The molecule has 0 saturated heterocycles. The van der Waals surface area contributed by atoms with Gasteiger partial charge in [-0.15, -0.1) is 10.2 Å². The Balaban J connectivity index is 1.60. The molecule has 0 atom stereocenters. The lowest BCUT2D eigenvalue weighted by Crippen LogP contribution is -2.15. The topological polar surface area (TPSA) is 72.7 Å². The molecule has 1 amide bonds. The highest BCUT2D eigenvalue weighted by Crippen LogP contribution is 2.29. The Bertz CT molecular complexity index is 1200. The van der Waals surface area contributed by atoms with Gasteiger partial charge in [0.25, 0.3) is 0 Å². The average molecular weight is 430 g/mol. The van der Waals surface area contributed by atoms with Gasteiger partial charge in [0.15, 0.2) is 11.0 Å². The third-order valence-electron chi connectivity index (χ3n) is 4.77. The van der Waals surface area contributed by atoms with E-state index in [1.165, 1.54) is 11.8 Å². The van der Waals surface area contributed by atoms with Crippen LogP contribution >= 0.6 is 11.8 Å². The van der Waals surface area contributed by atoms with E-state index in [9.17, 15) is 4.79 Å². The number of carbonyl (C=O) groups excluding carboxylic acids is 1. The van der Waals surface area contributed by atoms with E-state index in [4.69, 9.17) is 0 Å². The zero-order chi connectivity index (χ0) is 21.8. The van der Waals surface area contributed by atoms with Crippen LogP contribution in [-0.4, -0.2) is 31.4 Å². The minimum Gasteiger partial charge on any atom is -0.325 e. The molecule has 7 heteroatoms. The molecule has 0 saturated carbocycles. The van der Waals surface area contributed by atoms with Gasteiger partial charge in [-0.25, -0.2) is 0 Å².